The lowest BCUT2D eigenvalue weighted by Crippen LogP contribution is -2.58. The third kappa shape index (κ3) is 5.62. The molecule has 2 heterocycles. The van der Waals surface area contributed by atoms with E-state index in [1.165, 1.54) is 0 Å². The number of nitrogens with zero attached hydrogens (tertiary/aromatic N) is 1. The van der Waals surface area contributed by atoms with Gasteiger partial charge in [-0.05, 0) is 25.7 Å². The number of amides is 2. The number of rotatable bonds is 4. The highest BCUT2D eigenvalue weighted by Gasteiger charge is 2.34. The molecule has 23 heavy (non-hydrogen) atoms. The number of hydrogen-bond donors (Lipinski definition) is 2. The maximum atomic E-state index is 12.7. The summed E-state index contributed by atoms with van der Waals surface area (Å²) in [7, 11) is 0. The summed E-state index contributed by atoms with van der Waals surface area (Å²) in [5, 5.41) is 6.24. The van der Waals surface area contributed by atoms with E-state index >= 15 is 0 Å². The fourth-order valence-electron chi connectivity index (χ4n) is 3.09. The summed E-state index contributed by atoms with van der Waals surface area (Å²) in [6, 6.07) is -0.238. The molecule has 2 amide bonds. The Bertz CT molecular complexity index is 406. The third-order valence-electron chi connectivity index (χ3n) is 4.50. The van der Waals surface area contributed by atoms with Gasteiger partial charge >= 0.3 is 0 Å². The minimum atomic E-state index is -0.238. The van der Waals surface area contributed by atoms with Crippen LogP contribution in [0.2, 0.25) is 0 Å². The van der Waals surface area contributed by atoms with Gasteiger partial charge in [-0.1, -0.05) is 13.8 Å². The molecule has 0 aromatic carbocycles. The van der Waals surface area contributed by atoms with Gasteiger partial charge in [-0.2, -0.15) is 0 Å². The Morgan fingerprint density at radius 2 is 2.13 bits per heavy atom. The molecule has 0 radical (unpaired) electrons. The Kier molecular flexibility index (Phi) is 8.29. The second kappa shape index (κ2) is 9.45. The average molecular weight is 348 g/mol. The summed E-state index contributed by atoms with van der Waals surface area (Å²) in [5.41, 5.74) is 0. The largest absolute Gasteiger partial charge is 0.375 e. The highest BCUT2D eigenvalue weighted by molar-refractivity contribution is 5.85. The average Bonchev–Trinajstić information content (AvgIpc) is 2.52. The number of carbonyl (C=O) groups is 2. The normalized spacial score (nSPS) is 28.2. The number of ether oxygens (including phenoxy) is 1. The van der Waals surface area contributed by atoms with Crippen LogP contribution in [0, 0.1) is 11.8 Å². The van der Waals surface area contributed by atoms with E-state index in [1.54, 1.807) is 0 Å². The van der Waals surface area contributed by atoms with Crippen molar-refractivity contribution in [3.05, 3.63) is 0 Å². The molecule has 2 saturated heterocycles. The monoisotopic (exact) mass is 347 g/mol. The molecular weight excluding hydrogens is 318 g/mol. The van der Waals surface area contributed by atoms with E-state index < -0.39 is 0 Å². The fraction of sp³-hybridized carbons (Fsp3) is 0.875. The van der Waals surface area contributed by atoms with Gasteiger partial charge in [0.2, 0.25) is 11.8 Å². The van der Waals surface area contributed by atoms with Crippen LogP contribution in [0.25, 0.3) is 0 Å². The van der Waals surface area contributed by atoms with Crippen molar-refractivity contribution in [2.24, 2.45) is 11.8 Å². The van der Waals surface area contributed by atoms with E-state index in [4.69, 9.17) is 4.74 Å². The highest BCUT2D eigenvalue weighted by Crippen LogP contribution is 2.18. The molecule has 134 valence electrons. The molecule has 7 heteroatoms. The van der Waals surface area contributed by atoms with Crippen LogP contribution in [0.15, 0.2) is 0 Å². The number of nitrogens with one attached hydrogen (secondary N) is 2. The van der Waals surface area contributed by atoms with E-state index in [1.807, 2.05) is 25.7 Å². The van der Waals surface area contributed by atoms with Gasteiger partial charge in [0.1, 0.15) is 6.04 Å². The summed E-state index contributed by atoms with van der Waals surface area (Å²) >= 11 is 0. The highest BCUT2D eigenvalue weighted by atomic mass is 35.5. The van der Waals surface area contributed by atoms with Gasteiger partial charge in [0.15, 0.2) is 0 Å². The van der Waals surface area contributed by atoms with Gasteiger partial charge in [-0.15, -0.1) is 12.4 Å². The van der Waals surface area contributed by atoms with E-state index in [9.17, 15) is 9.59 Å². The van der Waals surface area contributed by atoms with Gasteiger partial charge in [-0.3, -0.25) is 9.59 Å². The molecule has 2 aliphatic heterocycles. The molecule has 1 unspecified atom stereocenters. The van der Waals surface area contributed by atoms with Crippen LogP contribution in [-0.4, -0.2) is 61.6 Å². The number of morpholine rings is 1. The molecule has 2 aliphatic rings. The molecule has 0 saturated carbocycles. The van der Waals surface area contributed by atoms with E-state index in [-0.39, 0.29) is 42.3 Å². The van der Waals surface area contributed by atoms with E-state index in [2.05, 4.69) is 10.6 Å². The molecule has 2 N–H and O–H groups in total. The Balaban J connectivity index is 0.00000264. The first-order chi connectivity index (χ1) is 10.5. The number of carbonyl (C=O) groups excluding carboxylic acids is 2. The van der Waals surface area contributed by atoms with Crippen LogP contribution in [0.1, 0.15) is 33.6 Å². The Labute approximate surface area is 145 Å². The Morgan fingerprint density at radius 3 is 2.78 bits per heavy atom. The Morgan fingerprint density at radius 1 is 1.39 bits per heavy atom. The molecule has 2 fully saturated rings. The zero-order valence-electron chi connectivity index (χ0n) is 14.3. The quantitative estimate of drug-likeness (QED) is 0.789. The van der Waals surface area contributed by atoms with Gasteiger partial charge in [-0.25, -0.2) is 0 Å². The maximum Gasteiger partial charge on any atom is 0.242 e. The van der Waals surface area contributed by atoms with E-state index in [0.29, 0.717) is 19.1 Å². The number of hydrogen-bond acceptors (Lipinski definition) is 4. The zero-order chi connectivity index (χ0) is 16.1. The van der Waals surface area contributed by atoms with Gasteiger partial charge in [0.05, 0.1) is 12.7 Å². The predicted octanol–water partition coefficient (Wildman–Crippen LogP) is 0.796. The van der Waals surface area contributed by atoms with Crippen LogP contribution in [0.4, 0.5) is 0 Å². The van der Waals surface area contributed by atoms with Crippen molar-refractivity contribution in [3.63, 3.8) is 0 Å². The molecule has 0 aromatic rings. The minimum Gasteiger partial charge on any atom is -0.375 e. The van der Waals surface area contributed by atoms with Crippen molar-refractivity contribution in [1.82, 2.24) is 15.5 Å². The topological polar surface area (TPSA) is 70.7 Å². The zero-order valence-corrected chi connectivity index (χ0v) is 15.2. The lowest BCUT2D eigenvalue weighted by Gasteiger charge is -2.38. The summed E-state index contributed by atoms with van der Waals surface area (Å²) in [6.45, 7) is 9.30. The van der Waals surface area contributed by atoms with Crippen molar-refractivity contribution in [2.75, 3.05) is 32.8 Å². The van der Waals surface area contributed by atoms with Crippen LogP contribution >= 0.6 is 12.4 Å². The van der Waals surface area contributed by atoms with Crippen molar-refractivity contribution in [1.29, 1.82) is 0 Å². The molecule has 0 spiro atoms. The van der Waals surface area contributed by atoms with Crippen LogP contribution < -0.4 is 10.6 Å². The van der Waals surface area contributed by atoms with Gasteiger partial charge in [0, 0.05) is 32.1 Å². The fourth-order valence-corrected chi connectivity index (χ4v) is 3.09. The van der Waals surface area contributed by atoms with Crippen LogP contribution in [0.5, 0.6) is 0 Å². The van der Waals surface area contributed by atoms with Crippen molar-refractivity contribution in [3.8, 4) is 0 Å². The minimum absolute atomic E-state index is 0. The van der Waals surface area contributed by atoms with Crippen molar-refractivity contribution < 1.29 is 14.3 Å². The predicted molar refractivity (Wildman–Crippen MR) is 91.6 cm³/mol. The van der Waals surface area contributed by atoms with Gasteiger partial charge in [0.25, 0.3) is 0 Å². The first-order valence-corrected chi connectivity index (χ1v) is 8.40. The summed E-state index contributed by atoms with van der Waals surface area (Å²) in [6.07, 6.45) is 1.98. The van der Waals surface area contributed by atoms with Crippen LogP contribution in [-0.2, 0) is 14.3 Å². The van der Waals surface area contributed by atoms with Crippen molar-refractivity contribution in [2.45, 2.75) is 45.8 Å². The lowest BCUT2D eigenvalue weighted by molar-refractivity contribution is -0.141. The molecule has 3 atom stereocenters. The maximum absolute atomic E-state index is 12.7. The SMILES string of the molecule is CC(C)C(=O)NCC1CCCN(C(=O)[C@H]2NCCO[C@@H]2C)C1.Cl. The number of piperidine rings is 1. The molecular formula is C16H30ClN3O3. The number of halogens is 1. The number of likely N-dealkylation sites (tertiary alicyclic amines) is 1. The van der Waals surface area contributed by atoms with Gasteiger partial charge < -0.3 is 20.3 Å². The standard InChI is InChI=1S/C16H29N3O3.ClH/c1-11(2)15(20)18-9-13-5-4-7-19(10-13)16(21)14-12(3)22-8-6-17-14;/h11-14,17H,4-10H2,1-3H3,(H,18,20);1H/t12-,13?,14+;/m1./s1. The lowest BCUT2D eigenvalue weighted by atomic mass is 9.96. The molecule has 6 nitrogen and oxygen atoms in total. The first-order valence-electron chi connectivity index (χ1n) is 8.40. The molecule has 0 aliphatic carbocycles. The van der Waals surface area contributed by atoms with Crippen LogP contribution in [0.3, 0.4) is 0 Å². The summed E-state index contributed by atoms with van der Waals surface area (Å²) in [5.74, 6) is 0.567. The van der Waals surface area contributed by atoms with Crippen molar-refractivity contribution >= 4 is 24.2 Å². The molecule has 0 bridgehead atoms. The first kappa shape index (κ1) is 20.2. The Hall–Kier alpha value is -0.850. The second-order valence-corrected chi connectivity index (χ2v) is 6.70. The molecule has 2 rings (SSSR count). The summed E-state index contributed by atoms with van der Waals surface area (Å²) in [4.78, 5) is 26.3. The smallest absolute Gasteiger partial charge is 0.242 e. The summed E-state index contributed by atoms with van der Waals surface area (Å²) < 4.78 is 5.57. The second-order valence-electron chi connectivity index (χ2n) is 6.70. The van der Waals surface area contributed by atoms with E-state index in [0.717, 1.165) is 32.5 Å². The third-order valence-corrected chi connectivity index (χ3v) is 4.50. The molecule has 0 aromatic heterocycles.